The Labute approximate surface area is 134 Å². The van der Waals surface area contributed by atoms with E-state index in [4.69, 9.17) is 23.2 Å². The molecule has 0 aliphatic carbocycles. The molecule has 0 N–H and O–H groups in total. The first-order chi connectivity index (χ1) is 10.1. The van der Waals surface area contributed by atoms with E-state index in [1.54, 1.807) is 18.2 Å². The summed E-state index contributed by atoms with van der Waals surface area (Å²) in [6, 6.07) is 15.3. The molecule has 1 aliphatic rings. The molecular weight excluding hydrogens is 305 g/mol. The van der Waals surface area contributed by atoms with Crippen LogP contribution in [0.3, 0.4) is 0 Å². The van der Waals surface area contributed by atoms with Gasteiger partial charge in [0.25, 0.3) is 5.91 Å². The smallest absolute Gasteiger partial charge is 0.255 e. The van der Waals surface area contributed by atoms with Crippen LogP contribution < -0.4 is 0 Å². The second-order valence-electron chi connectivity index (χ2n) is 5.27. The van der Waals surface area contributed by atoms with Crippen LogP contribution in [-0.4, -0.2) is 23.9 Å². The Kier molecular flexibility index (Phi) is 4.18. The van der Waals surface area contributed by atoms with Gasteiger partial charge in [0.05, 0.1) is 10.6 Å². The molecule has 1 aliphatic heterocycles. The molecule has 108 valence electrons. The van der Waals surface area contributed by atoms with Gasteiger partial charge in [-0.05, 0) is 30.2 Å². The first kappa shape index (κ1) is 14.4. The number of amides is 1. The lowest BCUT2D eigenvalue weighted by atomic mass is 9.99. The van der Waals surface area contributed by atoms with E-state index in [9.17, 15) is 4.79 Å². The molecule has 0 aromatic heterocycles. The summed E-state index contributed by atoms with van der Waals surface area (Å²) in [4.78, 5) is 14.4. The highest BCUT2D eigenvalue weighted by Gasteiger charge is 2.28. The molecule has 0 saturated carbocycles. The third-order valence-corrected chi connectivity index (χ3v) is 4.47. The first-order valence-corrected chi connectivity index (χ1v) is 7.70. The van der Waals surface area contributed by atoms with Crippen molar-refractivity contribution in [2.24, 2.45) is 0 Å². The van der Waals surface area contributed by atoms with E-state index in [-0.39, 0.29) is 5.91 Å². The van der Waals surface area contributed by atoms with Gasteiger partial charge >= 0.3 is 0 Å². The molecule has 0 spiro atoms. The maximum Gasteiger partial charge on any atom is 0.255 e. The van der Waals surface area contributed by atoms with Crippen molar-refractivity contribution in [1.29, 1.82) is 0 Å². The number of halogens is 2. The van der Waals surface area contributed by atoms with Gasteiger partial charge in [0.1, 0.15) is 0 Å². The number of likely N-dealkylation sites (tertiary alicyclic amines) is 1. The van der Waals surface area contributed by atoms with E-state index < -0.39 is 0 Å². The quantitative estimate of drug-likeness (QED) is 0.790. The number of benzene rings is 2. The Balaban J connectivity index is 1.77. The van der Waals surface area contributed by atoms with Gasteiger partial charge < -0.3 is 4.90 Å². The number of hydrogen-bond acceptors (Lipinski definition) is 1. The second-order valence-corrected chi connectivity index (χ2v) is 6.12. The van der Waals surface area contributed by atoms with Crippen molar-refractivity contribution in [3.8, 4) is 0 Å². The van der Waals surface area contributed by atoms with E-state index >= 15 is 0 Å². The van der Waals surface area contributed by atoms with Gasteiger partial charge in [-0.2, -0.15) is 0 Å². The van der Waals surface area contributed by atoms with Crippen molar-refractivity contribution in [3.05, 3.63) is 69.7 Å². The topological polar surface area (TPSA) is 20.3 Å². The fourth-order valence-electron chi connectivity index (χ4n) is 2.77. The largest absolute Gasteiger partial charge is 0.338 e. The van der Waals surface area contributed by atoms with Crippen LogP contribution in [0.1, 0.15) is 28.3 Å². The summed E-state index contributed by atoms with van der Waals surface area (Å²) in [5, 5.41) is 0.981. The Bertz CT molecular complexity index is 657. The average Bonchev–Trinajstić information content (AvgIpc) is 3.00. The van der Waals surface area contributed by atoms with Crippen LogP contribution >= 0.6 is 23.2 Å². The molecule has 3 rings (SSSR count). The highest BCUT2D eigenvalue weighted by atomic mass is 35.5. The van der Waals surface area contributed by atoms with Crippen LogP contribution in [0.4, 0.5) is 0 Å². The van der Waals surface area contributed by atoms with Gasteiger partial charge in [-0.25, -0.2) is 0 Å². The summed E-state index contributed by atoms with van der Waals surface area (Å²) in [6.07, 6.45) is 0.980. The van der Waals surface area contributed by atoms with Crippen LogP contribution in [0.15, 0.2) is 48.5 Å². The first-order valence-electron chi connectivity index (χ1n) is 6.94. The summed E-state index contributed by atoms with van der Waals surface area (Å²) in [5.74, 6) is 0.356. The molecule has 1 amide bonds. The standard InChI is InChI=1S/C17H15Cl2NO/c18-14-6-7-16(19)15(10-14)17(21)20-9-8-13(11-20)12-4-2-1-3-5-12/h1-7,10,13H,8-9,11H2. The van der Waals surface area contributed by atoms with Crippen LogP contribution in [0.2, 0.25) is 10.0 Å². The zero-order valence-electron chi connectivity index (χ0n) is 11.4. The molecule has 2 nitrogen and oxygen atoms in total. The van der Waals surface area contributed by atoms with Gasteiger partial charge in [0.15, 0.2) is 0 Å². The lowest BCUT2D eigenvalue weighted by molar-refractivity contribution is 0.0791. The summed E-state index contributed by atoms with van der Waals surface area (Å²) in [5.41, 5.74) is 1.77. The summed E-state index contributed by atoms with van der Waals surface area (Å²) < 4.78 is 0. The molecule has 4 heteroatoms. The number of hydrogen-bond donors (Lipinski definition) is 0. The van der Waals surface area contributed by atoms with Gasteiger partial charge in [0.2, 0.25) is 0 Å². The van der Waals surface area contributed by atoms with Crippen molar-refractivity contribution < 1.29 is 4.79 Å². The lowest BCUT2D eigenvalue weighted by Crippen LogP contribution is -2.28. The Morgan fingerprint density at radius 3 is 2.62 bits per heavy atom. The molecule has 1 fully saturated rings. The van der Waals surface area contributed by atoms with E-state index in [0.29, 0.717) is 21.5 Å². The third-order valence-electron chi connectivity index (χ3n) is 3.91. The Hall–Kier alpha value is -1.51. The summed E-state index contributed by atoms with van der Waals surface area (Å²) in [6.45, 7) is 1.48. The predicted octanol–water partition coefficient (Wildman–Crippen LogP) is 4.62. The van der Waals surface area contributed by atoms with E-state index in [2.05, 4.69) is 12.1 Å². The van der Waals surface area contributed by atoms with E-state index in [1.807, 2.05) is 23.1 Å². The van der Waals surface area contributed by atoms with Gasteiger partial charge in [-0.3, -0.25) is 4.79 Å². The molecule has 21 heavy (non-hydrogen) atoms. The minimum absolute atomic E-state index is 0.0408. The molecule has 1 heterocycles. The van der Waals surface area contributed by atoms with Crippen LogP contribution in [0.25, 0.3) is 0 Å². The van der Waals surface area contributed by atoms with Crippen LogP contribution in [-0.2, 0) is 0 Å². The number of rotatable bonds is 2. The van der Waals surface area contributed by atoms with Crippen molar-refractivity contribution >= 4 is 29.1 Å². The SMILES string of the molecule is O=C(c1cc(Cl)ccc1Cl)N1CCC(c2ccccc2)C1. The molecule has 1 saturated heterocycles. The zero-order chi connectivity index (χ0) is 14.8. The minimum atomic E-state index is -0.0408. The average molecular weight is 320 g/mol. The molecule has 0 bridgehead atoms. The maximum absolute atomic E-state index is 12.6. The van der Waals surface area contributed by atoms with E-state index in [0.717, 1.165) is 19.5 Å². The maximum atomic E-state index is 12.6. The normalized spacial score (nSPS) is 18.0. The van der Waals surface area contributed by atoms with Gasteiger partial charge in [-0.1, -0.05) is 53.5 Å². The fraction of sp³-hybridized carbons (Fsp3) is 0.235. The molecule has 2 aromatic rings. The zero-order valence-corrected chi connectivity index (χ0v) is 12.9. The highest BCUT2D eigenvalue weighted by Crippen LogP contribution is 2.29. The Morgan fingerprint density at radius 1 is 1.10 bits per heavy atom. The van der Waals surface area contributed by atoms with Crippen LogP contribution in [0.5, 0.6) is 0 Å². The van der Waals surface area contributed by atoms with Crippen molar-refractivity contribution in [2.75, 3.05) is 13.1 Å². The van der Waals surface area contributed by atoms with Crippen molar-refractivity contribution in [3.63, 3.8) is 0 Å². The third kappa shape index (κ3) is 3.07. The minimum Gasteiger partial charge on any atom is -0.338 e. The molecule has 1 unspecified atom stereocenters. The van der Waals surface area contributed by atoms with Crippen molar-refractivity contribution in [2.45, 2.75) is 12.3 Å². The van der Waals surface area contributed by atoms with Crippen LogP contribution in [0, 0.1) is 0 Å². The van der Waals surface area contributed by atoms with Gasteiger partial charge in [-0.15, -0.1) is 0 Å². The monoisotopic (exact) mass is 319 g/mol. The molecule has 2 aromatic carbocycles. The lowest BCUT2D eigenvalue weighted by Gasteiger charge is -2.17. The predicted molar refractivity (Wildman–Crippen MR) is 86.2 cm³/mol. The summed E-state index contributed by atoms with van der Waals surface area (Å²) >= 11 is 12.1. The number of carbonyl (C=O) groups is 1. The molecular formula is C17H15Cl2NO. The van der Waals surface area contributed by atoms with E-state index in [1.165, 1.54) is 5.56 Å². The molecule has 0 radical (unpaired) electrons. The number of carbonyl (C=O) groups excluding carboxylic acids is 1. The highest BCUT2D eigenvalue weighted by molar-refractivity contribution is 6.35. The van der Waals surface area contributed by atoms with Gasteiger partial charge in [0, 0.05) is 24.0 Å². The molecule has 1 atom stereocenters. The fourth-order valence-corrected chi connectivity index (χ4v) is 3.14. The Morgan fingerprint density at radius 2 is 1.86 bits per heavy atom. The summed E-state index contributed by atoms with van der Waals surface area (Å²) in [7, 11) is 0. The number of nitrogens with zero attached hydrogens (tertiary/aromatic N) is 1. The second kappa shape index (κ2) is 6.08. The van der Waals surface area contributed by atoms with Crippen molar-refractivity contribution in [1.82, 2.24) is 4.90 Å².